The lowest BCUT2D eigenvalue weighted by Gasteiger charge is -2.09. The second kappa shape index (κ2) is 10.2. The predicted octanol–water partition coefficient (Wildman–Crippen LogP) is 5.92. The van der Waals surface area contributed by atoms with Gasteiger partial charge in [0.15, 0.2) is 5.43 Å². The third-order valence-corrected chi connectivity index (χ3v) is 5.34. The molecule has 1 amide bonds. The Balaban J connectivity index is 1.35. The SMILES string of the molecule is COc1ccc2oc(-c3ccc(NC(=O)CCCOc4ccccc4Cl)cc3)cc(=O)c2c1. The van der Waals surface area contributed by atoms with E-state index in [-0.39, 0.29) is 11.3 Å². The quantitative estimate of drug-likeness (QED) is 0.328. The van der Waals surface area contributed by atoms with Crippen molar-refractivity contribution < 1.29 is 18.7 Å². The lowest BCUT2D eigenvalue weighted by atomic mass is 10.1. The fourth-order valence-electron chi connectivity index (χ4n) is 3.32. The van der Waals surface area contributed by atoms with Crippen LogP contribution in [0.4, 0.5) is 5.69 Å². The van der Waals surface area contributed by atoms with E-state index < -0.39 is 0 Å². The van der Waals surface area contributed by atoms with E-state index in [1.165, 1.54) is 6.07 Å². The van der Waals surface area contributed by atoms with Crippen LogP contribution in [0.3, 0.4) is 0 Å². The number of carbonyl (C=O) groups is 1. The summed E-state index contributed by atoms with van der Waals surface area (Å²) >= 11 is 6.05. The number of benzene rings is 3. The molecule has 3 aromatic carbocycles. The third-order valence-electron chi connectivity index (χ3n) is 5.03. The van der Waals surface area contributed by atoms with Crippen molar-refractivity contribution in [3.05, 3.63) is 88.0 Å². The Morgan fingerprint density at radius 3 is 2.58 bits per heavy atom. The summed E-state index contributed by atoms with van der Waals surface area (Å²) in [6.07, 6.45) is 0.872. The van der Waals surface area contributed by atoms with Crippen molar-refractivity contribution in [2.45, 2.75) is 12.8 Å². The molecule has 0 aliphatic heterocycles. The molecule has 6 nitrogen and oxygen atoms in total. The molecule has 168 valence electrons. The maximum Gasteiger partial charge on any atom is 0.224 e. The van der Waals surface area contributed by atoms with Crippen LogP contribution < -0.4 is 20.2 Å². The number of carbonyl (C=O) groups excluding carboxylic acids is 1. The molecule has 33 heavy (non-hydrogen) atoms. The normalized spacial score (nSPS) is 10.7. The molecule has 4 aromatic rings. The zero-order chi connectivity index (χ0) is 23.2. The number of nitrogens with one attached hydrogen (secondary N) is 1. The zero-order valence-corrected chi connectivity index (χ0v) is 18.7. The number of amides is 1. The topological polar surface area (TPSA) is 77.8 Å². The highest BCUT2D eigenvalue weighted by molar-refractivity contribution is 6.32. The summed E-state index contributed by atoms with van der Waals surface area (Å²) in [5.41, 5.74) is 1.72. The second-order valence-electron chi connectivity index (χ2n) is 7.34. The molecule has 0 aliphatic carbocycles. The lowest BCUT2D eigenvalue weighted by Crippen LogP contribution is -2.12. The van der Waals surface area contributed by atoms with E-state index in [2.05, 4.69) is 5.32 Å². The number of ether oxygens (including phenoxy) is 2. The molecule has 0 fully saturated rings. The number of hydrogen-bond acceptors (Lipinski definition) is 5. The standard InChI is InChI=1S/C26H22ClNO5/c1-31-19-12-13-23-20(15-19)22(29)16-25(33-23)17-8-10-18(11-9-17)28-26(30)7-4-14-32-24-6-3-2-5-21(24)27/h2-3,5-6,8-13,15-16H,4,7,14H2,1H3,(H,28,30). The van der Waals surface area contributed by atoms with Gasteiger partial charge < -0.3 is 19.2 Å². The maximum atomic E-state index is 12.5. The van der Waals surface area contributed by atoms with Gasteiger partial charge >= 0.3 is 0 Å². The van der Waals surface area contributed by atoms with Crippen LogP contribution >= 0.6 is 11.6 Å². The van der Waals surface area contributed by atoms with Crippen LogP contribution in [0.1, 0.15) is 12.8 Å². The van der Waals surface area contributed by atoms with E-state index in [4.69, 9.17) is 25.5 Å². The smallest absolute Gasteiger partial charge is 0.224 e. The van der Waals surface area contributed by atoms with E-state index in [9.17, 15) is 9.59 Å². The fraction of sp³-hybridized carbons (Fsp3) is 0.154. The Labute approximate surface area is 195 Å². The van der Waals surface area contributed by atoms with Gasteiger partial charge in [0.25, 0.3) is 0 Å². The number of methoxy groups -OCH3 is 1. The van der Waals surface area contributed by atoms with Gasteiger partial charge in [0.05, 0.1) is 24.1 Å². The first-order valence-electron chi connectivity index (χ1n) is 10.4. The van der Waals surface area contributed by atoms with Gasteiger partial charge in [0.1, 0.15) is 22.8 Å². The van der Waals surface area contributed by atoms with Gasteiger partial charge in [0, 0.05) is 23.7 Å². The van der Waals surface area contributed by atoms with Crippen molar-refractivity contribution in [3.63, 3.8) is 0 Å². The number of fused-ring (bicyclic) bond motifs is 1. The molecule has 0 spiro atoms. The Hall–Kier alpha value is -3.77. The second-order valence-corrected chi connectivity index (χ2v) is 7.75. The molecule has 0 radical (unpaired) electrons. The molecular formula is C26H22ClNO5. The minimum Gasteiger partial charge on any atom is -0.497 e. The van der Waals surface area contributed by atoms with Gasteiger partial charge in [-0.25, -0.2) is 0 Å². The highest BCUT2D eigenvalue weighted by atomic mass is 35.5. The van der Waals surface area contributed by atoms with Crippen LogP contribution in [0.5, 0.6) is 11.5 Å². The summed E-state index contributed by atoms with van der Waals surface area (Å²) in [6.45, 7) is 0.392. The summed E-state index contributed by atoms with van der Waals surface area (Å²) in [7, 11) is 1.55. The average Bonchev–Trinajstić information content (AvgIpc) is 2.83. The van der Waals surface area contributed by atoms with Gasteiger partial charge in [-0.1, -0.05) is 23.7 Å². The number of anilines is 1. The van der Waals surface area contributed by atoms with Crippen LogP contribution in [-0.2, 0) is 4.79 Å². The number of hydrogen-bond donors (Lipinski definition) is 1. The first-order chi connectivity index (χ1) is 16.0. The predicted molar refractivity (Wildman–Crippen MR) is 129 cm³/mol. The first kappa shape index (κ1) is 22.4. The Morgan fingerprint density at radius 1 is 1.03 bits per heavy atom. The van der Waals surface area contributed by atoms with Crippen molar-refractivity contribution in [2.75, 3.05) is 19.0 Å². The maximum absolute atomic E-state index is 12.5. The zero-order valence-electron chi connectivity index (χ0n) is 18.0. The van der Waals surface area contributed by atoms with Crippen molar-refractivity contribution >= 4 is 34.2 Å². The molecule has 0 unspecified atom stereocenters. The molecule has 4 rings (SSSR count). The van der Waals surface area contributed by atoms with Crippen LogP contribution in [-0.4, -0.2) is 19.6 Å². The van der Waals surface area contributed by atoms with Crippen LogP contribution in [0.25, 0.3) is 22.3 Å². The molecule has 0 aliphatic rings. The molecule has 1 heterocycles. The summed E-state index contributed by atoms with van der Waals surface area (Å²) in [4.78, 5) is 24.7. The summed E-state index contributed by atoms with van der Waals surface area (Å²) in [5, 5.41) is 3.86. The molecular weight excluding hydrogens is 442 g/mol. The van der Waals surface area contributed by atoms with Gasteiger partial charge in [-0.15, -0.1) is 0 Å². The first-order valence-corrected chi connectivity index (χ1v) is 10.8. The lowest BCUT2D eigenvalue weighted by molar-refractivity contribution is -0.116. The van der Waals surface area contributed by atoms with Gasteiger partial charge in [0.2, 0.25) is 5.91 Å². The summed E-state index contributed by atoms with van der Waals surface area (Å²) in [5.74, 6) is 1.54. The Bertz CT molecular complexity index is 1330. The number of rotatable bonds is 8. The Kier molecular flexibility index (Phi) is 6.95. The largest absolute Gasteiger partial charge is 0.497 e. The highest BCUT2D eigenvalue weighted by Crippen LogP contribution is 2.26. The van der Waals surface area contributed by atoms with Crippen molar-refractivity contribution in [1.82, 2.24) is 0 Å². The van der Waals surface area contributed by atoms with E-state index in [1.807, 2.05) is 12.1 Å². The highest BCUT2D eigenvalue weighted by Gasteiger charge is 2.09. The minimum absolute atomic E-state index is 0.114. The summed E-state index contributed by atoms with van der Waals surface area (Å²) < 4.78 is 16.7. The van der Waals surface area contributed by atoms with Crippen molar-refractivity contribution in [3.8, 4) is 22.8 Å². The average molecular weight is 464 g/mol. The molecule has 7 heteroatoms. The van der Waals surface area contributed by atoms with Crippen molar-refractivity contribution in [2.24, 2.45) is 0 Å². The minimum atomic E-state index is -0.151. The van der Waals surface area contributed by atoms with E-state index >= 15 is 0 Å². The molecule has 1 aromatic heterocycles. The molecule has 0 saturated heterocycles. The van der Waals surface area contributed by atoms with E-state index in [1.54, 1.807) is 61.7 Å². The van der Waals surface area contributed by atoms with Crippen LogP contribution in [0.2, 0.25) is 5.02 Å². The molecule has 0 atom stereocenters. The molecule has 1 N–H and O–H groups in total. The molecule has 0 saturated carbocycles. The van der Waals surface area contributed by atoms with Gasteiger partial charge in [-0.2, -0.15) is 0 Å². The third kappa shape index (κ3) is 5.54. The number of halogens is 1. The summed E-state index contributed by atoms with van der Waals surface area (Å²) in [6, 6.07) is 20.9. The van der Waals surface area contributed by atoms with E-state index in [0.29, 0.717) is 58.4 Å². The van der Waals surface area contributed by atoms with Crippen LogP contribution in [0, 0.1) is 0 Å². The molecule has 0 bridgehead atoms. The fourth-order valence-corrected chi connectivity index (χ4v) is 3.51. The van der Waals surface area contributed by atoms with Crippen LogP contribution in [0.15, 0.2) is 82.0 Å². The number of para-hydroxylation sites is 1. The monoisotopic (exact) mass is 463 g/mol. The van der Waals surface area contributed by atoms with E-state index in [0.717, 1.165) is 5.56 Å². The van der Waals surface area contributed by atoms with Crippen molar-refractivity contribution in [1.29, 1.82) is 0 Å². The van der Waals surface area contributed by atoms with Gasteiger partial charge in [-0.05, 0) is 61.0 Å². The van der Waals surface area contributed by atoms with Gasteiger partial charge in [-0.3, -0.25) is 9.59 Å². The Morgan fingerprint density at radius 2 is 1.82 bits per heavy atom.